The third-order valence-corrected chi connectivity index (χ3v) is 2.73. The van der Waals surface area contributed by atoms with Crippen molar-refractivity contribution in [2.45, 2.75) is 52.4 Å². The summed E-state index contributed by atoms with van der Waals surface area (Å²) in [6, 6.07) is 0. The maximum absolute atomic E-state index is 2.38. The molecule has 0 aromatic heterocycles. The molecule has 0 heterocycles. The van der Waals surface area contributed by atoms with Crippen molar-refractivity contribution >= 4 is 0 Å². The highest BCUT2D eigenvalue weighted by atomic mass is 14.1. The highest BCUT2D eigenvalue weighted by molar-refractivity contribution is 5.26. The molecule has 0 N–H and O–H groups in total. The SMILES string of the molecule is CCCCCC(C)CC1=CCC=C1. The molecular formula is C13H22. The third kappa shape index (κ3) is 4.31. The van der Waals surface area contributed by atoms with E-state index in [9.17, 15) is 0 Å². The molecule has 0 fully saturated rings. The van der Waals surface area contributed by atoms with Crippen LogP contribution in [0.3, 0.4) is 0 Å². The Morgan fingerprint density at radius 1 is 1.38 bits per heavy atom. The maximum Gasteiger partial charge on any atom is -0.0160 e. The van der Waals surface area contributed by atoms with Crippen molar-refractivity contribution in [3.05, 3.63) is 23.8 Å². The summed E-state index contributed by atoms with van der Waals surface area (Å²) in [5.41, 5.74) is 1.56. The Balaban J connectivity index is 2.10. The average Bonchev–Trinajstić information content (AvgIpc) is 2.57. The van der Waals surface area contributed by atoms with Crippen LogP contribution in [0.15, 0.2) is 23.8 Å². The molecule has 0 heteroatoms. The molecule has 0 spiro atoms. The molecule has 74 valence electrons. The van der Waals surface area contributed by atoms with Gasteiger partial charge in [0.1, 0.15) is 0 Å². The van der Waals surface area contributed by atoms with Gasteiger partial charge in [0.2, 0.25) is 0 Å². The van der Waals surface area contributed by atoms with E-state index in [1.165, 1.54) is 32.1 Å². The molecule has 0 bridgehead atoms. The molecule has 0 saturated carbocycles. The van der Waals surface area contributed by atoms with Crippen LogP contribution in [0.4, 0.5) is 0 Å². The van der Waals surface area contributed by atoms with Crippen LogP contribution in [-0.4, -0.2) is 0 Å². The summed E-state index contributed by atoms with van der Waals surface area (Å²) in [5.74, 6) is 0.876. The van der Waals surface area contributed by atoms with E-state index in [1.54, 1.807) is 5.57 Å². The Morgan fingerprint density at radius 2 is 2.23 bits per heavy atom. The van der Waals surface area contributed by atoms with E-state index >= 15 is 0 Å². The van der Waals surface area contributed by atoms with Gasteiger partial charge in [-0.3, -0.25) is 0 Å². The number of allylic oxidation sites excluding steroid dienone is 4. The summed E-state index contributed by atoms with van der Waals surface area (Å²) in [6.07, 6.45) is 14.9. The Labute approximate surface area is 82.7 Å². The molecule has 0 aliphatic heterocycles. The highest BCUT2D eigenvalue weighted by Crippen LogP contribution is 2.21. The number of unbranched alkanes of at least 4 members (excludes halogenated alkanes) is 2. The van der Waals surface area contributed by atoms with Gasteiger partial charge in [-0.05, 0) is 18.8 Å². The van der Waals surface area contributed by atoms with Crippen molar-refractivity contribution in [2.75, 3.05) is 0 Å². The molecule has 0 radical (unpaired) electrons. The van der Waals surface area contributed by atoms with Gasteiger partial charge < -0.3 is 0 Å². The molecular weight excluding hydrogens is 156 g/mol. The van der Waals surface area contributed by atoms with Gasteiger partial charge in [0.25, 0.3) is 0 Å². The standard InChI is InChI=1S/C13H22/c1-3-4-5-8-12(2)11-13-9-6-7-10-13/h6,9-10,12H,3-5,7-8,11H2,1-2H3. The largest absolute Gasteiger partial charge is 0.0805 e. The van der Waals surface area contributed by atoms with Gasteiger partial charge in [0.05, 0.1) is 0 Å². The first kappa shape index (κ1) is 10.6. The van der Waals surface area contributed by atoms with Gasteiger partial charge >= 0.3 is 0 Å². The third-order valence-electron chi connectivity index (χ3n) is 2.73. The maximum atomic E-state index is 2.38. The lowest BCUT2D eigenvalue weighted by Crippen LogP contribution is -1.95. The summed E-state index contributed by atoms with van der Waals surface area (Å²) < 4.78 is 0. The predicted octanol–water partition coefficient (Wildman–Crippen LogP) is 4.48. The minimum absolute atomic E-state index is 0.876. The van der Waals surface area contributed by atoms with Gasteiger partial charge in [-0.1, -0.05) is 63.3 Å². The van der Waals surface area contributed by atoms with Gasteiger partial charge in [-0.15, -0.1) is 0 Å². The zero-order chi connectivity index (χ0) is 9.52. The Hall–Kier alpha value is -0.520. The van der Waals surface area contributed by atoms with E-state index in [1.807, 2.05) is 0 Å². The van der Waals surface area contributed by atoms with E-state index < -0.39 is 0 Å². The lowest BCUT2D eigenvalue weighted by Gasteiger charge is -2.10. The fourth-order valence-electron chi connectivity index (χ4n) is 1.91. The molecule has 1 aliphatic carbocycles. The van der Waals surface area contributed by atoms with Gasteiger partial charge in [0, 0.05) is 0 Å². The Kier molecular flexibility index (Phi) is 4.88. The molecule has 0 saturated heterocycles. The molecule has 1 unspecified atom stereocenters. The Bertz CT molecular complexity index is 186. The second-order valence-electron chi connectivity index (χ2n) is 4.22. The van der Waals surface area contributed by atoms with Gasteiger partial charge in [-0.25, -0.2) is 0 Å². The van der Waals surface area contributed by atoms with E-state index in [4.69, 9.17) is 0 Å². The first-order valence-electron chi connectivity index (χ1n) is 5.68. The lowest BCUT2D eigenvalue weighted by atomic mass is 9.96. The van der Waals surface area contributed by atoms with E-state index in [2.05, 4.69) is 32.1 Å². The first-order valence-corrected chi connectivity index (χ1v) is 5.68. The summed E-state index contributed by atoms with van der Waals surface area (Å²) in [4.78, 5) is 0. The van der Waals surface area contributed by atoms with E-state index in [-0.39, 0.29) is 0 Å². The van der Waals surface area contributed by atoms with Crippen LogP contribution in [0, 0.1) is 5.92 Å². The zero-order valence-corrected chi connectivity index (χ0v) is 9.05. The van der Waals surface area contributed by atoms with Crippen LogP contribution in [0.5, 0.6) is 0 Å². The summed E-state index contributed by atoms with van der Waals surface area (Å²) in [6.45, 7) is 4.65. The molecule has 1 atom stereocenters. The van der Waals surface area contributed by atoms with Crippen molar-refractivity contribution in [1.82, 2.24) is 0 Å². The summed E-state index contributed by atoms with van der Waals surface area (Å²) in [7, 11) is 0. The van der Waals surface area contributed by atoms with E-state index in [0.29, 0.717) is 0 Å². The minimum Gasteiger partial charge on any atom is -0.0805 e. The molecule has 0 aromatic rings. The van der Waals surface area contributed by atoms with Crippen molar-refractivity contribution in [2.24, 2.45) is 5.92 Å². The van der Waals surface area contributed by atoms with Crippen molar-refractivity contribution in [1.29, 1.82) is 0 Å². The quantitative estimate of drug-likeness (QED) is 0.526. The molecule has 1 aliphatic rings. The monoisotopic (exact) mass is 178 g/mol. The number of hydrogen-bond acceptors (Lipinski definition) is 0. The Morgan fingerprint density at radius 3 is 2.85 bits per heavy atom. The van der Waals surface area contributed by atoms with Crippen LogP contribution in [-0.2, 0) is 0 Å². The molecule has 1 rings (SSSR count). The molecule has 13 heavy (non-hydrogen) atoms. The summed E-state index contributed by atoms with van der Waals surface area (Å²) >= 11 is 0. The van der Waals surface area contributed by atoms with Crippen LogP contribution < -0.4 is 0 Å². The summed E-state index contributed by atoms with van der Waals surface area (Å²) in [5, 5.41) is 0. The molecule has 0 aromatic carbocycles. The number of rotatable bonds is 6. The first-order chi connectivity index (χ1) is 6.33. The van der Waals surface area contributed by atoms with Crippen LogP contribution in [0.25, 0.3) is 0 Å². The molecule has 0 amide bonds. The van der Waals surface area contributed by atoms with Gasteiger partial charge in [0.15, 0.2) is 0 Å². The van der Waals surface area contributed by atoms with Crippen LogP contribution in [0.1, 0.15) is 52.4 Å². The van der Waals surface area contributed by atoms with Crippen molar-refractivity contribution in [3.8, 4) is 0 Å². The predicted molar refractivity (Wildman–Crippen MR) is 59.8 cm³/mol. The average molecular weight is 178 g/mol. The minimum atomic E-state index is 0.876. The van der Waals surface area contributed by atoms with Crippen molar-refractivity contribution in [3.63, 3.8) is 0 Å². The second-order valence-corrected chi connectivity index (χ2v) is 4.22. The van der Waals surface area contributed by atoms with Crippen LogP contribution >= 0.6 is 0 Å². The zero-order valence-electron chi connectivity index (χ0n) is 9.05. The van der Waals surface area contributed by atoms with Gasteiger partial charge in [-0.2, -0.15) is 0 Å². The fraction of sp³-hybridized carbons (Fsp3) is 0.692. The normalized spacial score (nSPS) is 17.5. The number of hydrogen-bond donors (Lipinski definition) is 0. The highest BCUT2D eigenvalue weighted by Gasteiger charge is 2.05. The topological polar surface area (TPSA) is 0 Å². The van der Waals surface area contributed by atoms with E-state index in [0.717, 1.165) is 12.3 Å². The molecule has 0 nitrogen and oxygen atoms in total. The second kappa shape index (κ2) is 6.01. The van der Waals surface area contributed by atoms with Crippen LogP contribution in [0.2, 0.25) is 0 Å². The smallest absolute Gasteiger partial charge is 0.0160 e. The van der Waals surface area contributed by atoms with Crippen molar-refractivity contribution < 1.29 is 0 Å². The fourth-order valence-corrected chi connectivity index (χ4v) is 1.91. The lowest BCUT2D eigenvalue weighted by molar-refractivity contribution is 0.495.